The number of nitrogens with zero attached hydrogens (tertiary/aromatic N) is 1. The van der Waals surface area contributed by atoms with E-state index in [9.17, 15) is 13.2 Å². The van der Waals surface area contributed by atoms with E-state index in [4.69, 9.17) is 0 Å². The minimum absolute atomic E-state index is 0.0360. The van der Waals surface area contributed by atoms with Crippen LogP contribution < -0.4 is 4.90 Å². The van der Waals surface area contributed by atoms with E-state index in [1.54, 1.807) is 11.0 Å². The van der Waals surface area contributed by atoms with Crippen LogP contribution in [0.2, 0.25) is 0 Å². The molecule has 1 amide bonds. The lowest BCUT2D eigenvalue weighted by atomic mass is 10.1. The molecular formula is C15H19NO3S. The van der Waals surface area contributed by atoms with E-state index in [-0.39, 0.29) is 17.6 Å². The Balaban J connectivity index is 2.31. The maximum atomic E-state index is 12.4. The first kappa shape index (κ1) is 14.8. The lowest BCUT2D eigenvalue weighted by Gasteiger charge is -2.28. The van der Waals surface area contributed by atoms with Crippen molar-refractivity contribution in [3.63, 3.8) is 0 Å². The highest BCUT2D eigenvalue weighted by Crippen LogP contribution is 2.24. The summed E-state index contributed by atoms with van der Waals surface area (Å²) in [6.07, 6.45) is 2.00. The van der Waals surface area contributed by atoms with Gasteiger partial charge in [-0.3, -0.25) is 4.79 Å². The van der Waals surface area contributed by atoms with E-state index < -0.39 is 15.9 Å². The van der Waals surface area contributed by atoms with E-state index in [2.05, 4.69) is 0 Å². The van der Waals surface area contributed by atoms with Gasteiger partial charge in [-0.05, 0) is 24.1 Å². The third kappa shape index (κ3) is 3.48. The van der Waals surface area contributed by atoms with Gasteiger partial charge in [0.25, 0.3) is 0 Å². The number of benzene rings is 1. The molecular weight excluding hydrogens is 274 g/mol. The van der Waals surface area contributed by atoms with E-state index in [1.165, 1.54) is 5.41 Å². The maximum Gasteiger partial charge on any atom is 0.227 e. The minimum atomic E-state index is -3.18. The summed E-state index contributed by atoms with van der Waals surface area (Å²) in [6, 6.07) is 8.81. The van der Waals surface area contributed by atoms with E-state index in [0.29, 0.717) is 6.42 Å². The summed E-state index contributed by atoms with van der Waals surface area (Å²) in [7, 11) is -3.18. The molecule has 0 saturated heterocycles. The van der Waals surface area contributed by atoms with E-state index >= 15 is 0 Å². The van der Waals surface area contributed by atoms with Gasteiger partial charge in [0, 0.05) is 17.5 Å². The largest absolute Gasteiger partial charge is 0.304 e. The molecule has 0 radical (unpaired) electrons. The van der Waals surface area contributed by atoms with Gasteiger partial charge in [-0.15, -0.1) is 0 Å². The molecule has 108 valence electrons. The van der Waals surface area contributed by atoms with Crippen molar-refractivity contribution in [2.45, 2.75) is 26.3 Å². The molecule has 0 bridgehead atoms. The van der Waals surface area contributed by atoms with Gasteiger partial charge in [0.1, 0.15) is 0 Å². The summed E-state index contributed by atoms with van der Waals surface area (Å²) >= 11 is 0. The molecule has 0 saturated carbocycles. The van der Waals surface area contributed by atoms with Crippen LogP contribution in [0, 0.1) is 5.92 Å². The van der Waals surface area contributed by atoms with Gasteiger partial charge in [0.2, 0.25) is 5.91 Å². The van der Waals surface area contributed by atoms with Crippen molar-refractivity contribution in [3.05, 3.63) is 41.8 Å². The van der Waals surface area contributed by atoms with Crippen LogP contribution in [-0.4, -0.2) is 26.1 Å². The smallest absolute Gasteiger partial charge is 0.227 e. The topological polar surface area (TPSA) is 54.5 Å². The van der Waals surface area contributed by atoms with Crippen molar-refractivity contribution < 1.29 is 13.2 Å². The first-order valence-electron chi connectivity index (χ1n) is 6.67. The molecule has 4 nitrogen and oxygen atoms in total. The average Bonchev–Trinajstić information content (AvgIpc) is 2.70. The molecule has 0 unspecified atom stereocenters. The molecule has 1 aromatic carbocycles. The predicted molar refractivity (Wildman–Crippen MR) is 80.1 cm³/mol. The van der Waals surface area contributed by atoms with Crippen LogP contribution in [0.15, 0.2) is 41.8 Å². The first-order chi connectivity index (χ1) is 9.39. The van der Waals surface area contributed by atoms with Crippen LogP contribution >= 0.6 is 0 Å². The van der Waals surface area contributed by atoms with Crippen molar-refractivity contribution in [1.82, 2.24) is 0 Å². The van der Waals surface area contributed by atoms with Crippen LogP contribution in [0.3, 0.4) is 0 Å². The Labute approximate surface area is 120 Å². The van der Waals surface area contributed by atoms with Gasteiger partial charge in [-0.25, -0.2) is 8.42 Å². The molecule has 1 aromatic rings. The van der Waals surface area contributed by atoms with Gasteiger partial charge in [-0.2, -0.15) is 0 Å². The Bertz CT molecular complexity index is 605. The third-order valence-corrected chi connectivity index (χ3v) is 4.51. The average molecular weight is 293 g/mol. The van der Waals surface area contributed by atoms with Crippen LogP contribution in [0.1, 0.15) is 20.3 Å². The van der Waals surface area contributed by atoms with Crippen molar-refractivity contribution in [2.24, 2.45) is 5.92 Å². The van der Waals surface area contributed by atoms with Crippen LogP contribution in [-0.2, 0) is 14.6 Å². The summed E-state index contributed by atoms with van der Waals surface area (Å²) in [5.41, 5.74) is 0.741. The highest BCUT2D eigenvalue weighted by molar-refractivity contribution is 7.94. The molecule has 0 aromatic heterocycles. The number of amides is 1. The van der Waals surface area contributed by atoms with E-state index in [1.807, 2.05) is 44.2 Å². The highest BCUT2D eigenvalue weighted by Gasteiger charge is 2.31. The SMILES string of the molecule is CC(C)CC(=O)N(c1ccccc1)[C@@H]1C=CS(=O)(=O)C1. The second kappa shape index (κ2) is 5.79. The zero-order valence-corrected chi connectivity index (χ0v) is 12.5. The summed E-state index contributed by atoms with van der Waals surface area (Å²) in [6.45, 7) is 3.95. The molecule has 1 aliphatic heterocycles. The summed E-state index contributed by atoms with van der Waals surface area (Å²) < 4.78 is 23.2. The quantitative estimate of drug-likeness (QED) is 0.856. The Morgan fingerprint density at radius 2 is 1.95 bits per heavy atom. The van der Waals surface area contributed by atoms with Gasteiger partial charge >= 0.3 is 0 Å². The number of para-hydroxylation sites is 1. The van der Waals surface area contributed by atoms with Gasteiger partial charge in [0.15, 0.2) is 9.84 Å². The van der Waals surface area contributed by atoms with Gasteiger partial charge in [-0.1, -0.05) is 32.0 Å². The minimum Gasteiger partial charge on any atom is -0.304 e. The number of anilines is 1. The van der Waals surface area contributed by atoms with Crippen molar-refractivity contribution in [1.29, 1.82) is 0 Å². The fraction of sp³-hybridized carbons (Fsp3) is 0.400. The van der Waals surface area contributed by atoms with Gasteiger partial charge < -0.3 is 4.90 Å². The number of carbonyl (C=O) groups excluding carboxylic acids is 1. The molecule has 20 heavy (non-hydrogen) atoms. The molecule has 5 heteroatoms. The third-order valence-electron chi connectivity index (χ3n) is 3.13. The monoisotopic (exact) mass is 293 g/mol. The number of hydrogen-bond donors (Lipinski definition) is 0. The summed E-state index contributed by atoms with van der Waals surface area (Å²) in [5.74, 6) is 0.153. The number of sulfone groups is 1. The number of carbonyl (C=O) groups is 1. The number of rotatable bonds is 4. The Kier molecular flexibility index (Phi) is 4.28. The van der Waals surface area contributed by atoms with E-state index in [0.717, 1.165) is 5.69 Å². The van der Waals surface area contributed by atoms with Crippen molar-refractivity contribution in [3.8, 4) is 0 Å². The molecule has 0 spiro atoms. The lowest BCUT2D eigenvalue weighted by Crippen LogP contribution is -2.41. The Morgan fingerprint density at radius 1 is 1.30 bits per heavy atom. The normalized spacial score (nSPS) is 20.2. The summed E-state index contributed by atoms with van der Waals surface area (Å²) in [5, 5.41) is 1.20. The predicted octanol–water partition coefficient (Wildman–Crippen LogP) is 2.38. The molecule has 1 heterocycles. The lowest BCUT2D eigenvalue weighted by molar-refractivity contribution is -0.119. The Hall–Kier alpha value is -1.62. The molecule has 0 N–H and O–H groups in total. The number of hydrogen-bond acceptors (Lipinski definition) is 3. The highest BCUT2D eigenvalue weighted by atomic mass is 32.2. The molecule has 0 aliphatic carbocycles. The maximum absolute atomic E-state index is 12.4. The second-order valence-electron chi connectivity index (χ2n) is 5.42. The summed E-state index contributed by atoms with van der Waals surface area (Å²) in [4.78, 5) is 14.0. The van der Waals surface area contributed by atoms with Crippen LogP contribution in [0.25, 0.3) is 0 Å². The zero-order valence-electron chi connectivity index (χ0n) is 11.7. The van der Waals surface area contributed by atoms with Crippen molar-refractivity contribution in [2.75, 3.05) is 10.7 Å². The fourth-order valence-corrected chi connectivity index (χ4v) is 3.54. The van der Waals surface area contributed by atoms with Crippen LogP contribution in [0.5, 0.6) is 0 Å². The van der Waals surface area contributed by atoms with Crippen LogP contribution in [0.4, 0.5) is 5.69 Å². The van der Waals surface area contributed by atoms with Gasteiger partial charge in [0.05, 0.1) is 11.8 Å². The standard InChI is InChI=1S/C15H19NO3S/c1-12(2)10-15(17)16(13-6-4-3-5-7-13)14-8-9-20(18,19)11-14/h3-9,12,14H,10-11H2,1-2H3/t14-/m1/s1. The van der Waals surface area contributed by atoms with Crippen molar-refractivity contribution >= 4 is 21.4 Å². The molecule has 1 atom stereocenters. The molecule has 1 aliphatic rings. The molecule has 2 rings (SSSR count). The first-order valence-corrected chi connectivity index (χ1v) is 8.38. The zero-order chi connectivity index (χ0) is 14.8. The fourth-order valence-electron chi connectivity index (χ4n) is 2.28. The Morgan fingerprint density at radius 3 is 2.45 bits per heavy atom. The second-order valence-corrected chi connectivity index (χ2v) is 7.35. The molecule has 0 fully saturated rings.